The Morgan fingerprint density at radius 2 is 1.79 bits per heavy atom. The molecule has 1 aliphatic rings. The van der Waals surface area contributed by atoms with Gasteiger partial charge in [0.2, 0.25) is 5.95 Å². The Labute approximate surface area is 171 Å². The van der Waals surface area contributed by atoms with Crippen molar-refractivity contribution in [2.45, 2.75) is 20.3 Å². The largest absolute Gasteiger partial charge is 0.367 e. The van der Waals surface area contributed by atoms with Gasteiger partial charge in [0.15, 0.2) is 11.5 Å². The van der Waals surface area contributed by atoms with Crippen LogP contribution in [-0.2, 0) is 0 Å². The van der Waals surface area contributed by atoms with E-state index in [0.717, 1.165) is 62.8 Å². The number of nitrogens with zero attached hydrogens (tertiary/aromatic N) is 6. The minimum Gasteiger partial charge on any atom is -0.367 e. The fourth-order valence-electron chi connectivity index (χ4n) is 3.75. The normalized spacial score (nSPS) is 15.7. The quantitative estimate of drug-likeness (QED) is 0.597. The second-order valence-corrected chi connectivity index (χ2v) is 7.91. The van der Waals surface area contributed by atoms with Crippen LogP contribution in [0.15, 0.2) is 30.6 Å². The van der Waals surface area contributed by atoms with Crippen molar-refractivity contribution in [3.8, 4) is 0 Å². The maximum Gasteiger partial charge on any atom is 0.247 e. The van der Waals surface area contributed by atoms with Crippen LogP contribution in [0.2, 0.25) is 0 Å². The van der Waals surface area contributed by atoms with E-state index >= 15 is 0 Å². The fourth-order valence-corrected chi connectivity index (χ4v) is 3.75. The smallest absolute Gasteiger partial charge is 0.247 e. The number of rotatable bonds is 7. The van der Waals surface area contributed by atoms with Crippen LogP contribution in [0.25, 0.3) is 5.65 Å². The third kappa shape index (κ3) is 5.02. The van der Waals surface area contributed by atoms with Gasteiger partial charge in [0.05, 0.1) is 0 Å². The number of anilines is 3. The molecule has 1 aromatic carbocycles. The topological polar surface area (TPSA) is 73.6 Å². The third-order valence-electron chi connectivity index (χ3n) is 5.27. The minimum absolute atomic E-state index is 0.573. The molecule has 1 saturated heterocycles. The first-order chi connectivity index (χ1) is 14.1. The van der Waals surface area contributed by atoms with Crippen molar-refractivity contribution in [2.75, 3.05) is 56.9 Å². The van der Waals surface area contributed by atoms with Gasteiger partial charge in [0.1, 0.15) is 0 Å². The summed E-state index contributed by atoms with van der Waals surface area (Å²) >= 11 is 0. The van der Waals surface area contributed by atoms with Gasteiger partial charge in [0, 0.05) is 50.8 Å². The molecular weight excluding hydrogens is 364 g/mol. The Bertz CT molecular complexity index is 938. The van der Waals surface area contributed by atoms with Gasteiger partial charge in [-0.3, -0.25) is 0 Å². The van der Waals surface area contributed by atoms with Crippen LogP contribution in [0, 0.1) is 13.8 Å². The third-order valence-corrected chi connectivity index (χ3v) is 5.27. The minimum atomic E-state index is 0.573. The number of benzene rings is 1. The molecule has 154 valence electrons. The van der Waals surface area contributed by atoms with Gasteiger partial charge in [-0.2, -0.15) is 4.98 Å². The van der Waals surface area contributed by atoms with Gasteiger partial charge < -0.3 is 20.4 Å². The van der Waals surface area contributed by atoms with Crippen LogP contribution in [0.5, 0.6) is 0 Å². The number of hydrogen-bond donors (Lipinski definition) is 2. The van der Waals surface area contributed by atoms with E-state index in [0.29, 0.717) is 5.95 Å². The molecule has 1 aliphatic heterocycles. The highest BCUT2D eigenvalue weighted by Gasteiger charge is 2.13. The van der Waals surface area contributed by atoms with E-state index in [1.165, 1.54) is 11.1 Å². The second-order valence-electron chi connectivity index (χ2n) is 7.91. The number of hydrogen-bond acceptors (Lipinski definition) is 7. The van der Waals surface area contributed by atoms with Crippen molar-refractivity contribution < 1.29 is 0 Å². The first-order valence-electron chi connectivity index (χ1n) is 10.3. The van der Waals surface area contributed by atoms with Gasteiger partial charge in [0.25, 0.3) is 0 Å². The molecule has 0 aliphatic carbocycles. The van der Waals surface area contributed by atoms with Crippen molar-refractivity contribution in [3.05, 3.63) is 41.7 Å². The Hall–Kier alpha value is -2.71. The van der Waals surface area contributed by atoms with Crippen molar-refractivity contribution in [1.82, 2.24) is 29.4 Å². The first-order valence-corrected chi connectivity index (χ1v) is 10.3. The molecule has 8 nitrogen and oxygen atoms in total. The van der Waals surface area contributed by atoms with Crippen LogP contribution < -0.4 is 10.6 Å². The summed E-state index contributed by atoms with van der Waals surface area (Å²) in [6.45, 7) is 10.8. The Kier molecular flexibility index (Phi) is 5.92. The molecular formula is C21H30N8. The van der Waals surface area contributed by atoms with Gasteiger partial charge >= 0.3 is 0 Å². The van der Waals surface area contributed by atoms with E-state index < -0.39 is 0 Å². The molecule has 0 spiro atoms. The number of fused-ring (bicyclic) bond motifs is 1. The molecule has 0 radical (unpaired) electrons. The van der Waals surface area contributed by atoms with E-state index in [1.807, 2.05) is 6.20 Å². The second kappa shape index (κ2) is 8.75. The molecule has 29 heavy (non-hydrogen) atoms. The monoisotopic (exact) mass is 394 g/mol. The van der Waals surface area contributed by atoms with Gasteiger partial charge in [-0.15, -0.1) is 5.10 Å². The Balaban J connectivity index is 1.37. The number of likely N-dealkylation sites (N-methyl/N-ethyl adjacent to an activating group) is 1. The molecule has 3 heterocycles. The number of aryl methyl sites for hydroxylation is 2. The van der Waals surface area contributed by atoms with Crippen LogP contribution in [-0.4, -0.2) is 75.7 Å². The highest BCUT2D eigenvalue weighted by Crippen LogP contribution is 2.19. The molecule has 0 bridgehead atoms. The molecule has 0 atom stereocenters. The molecule has 1 fully saturated rings. The summed E-state index contributed by atoms with van der Waals surface area (Å²) in [7, 11) is 2.19. The molecule has 0 unspecified atom stereocenters. The van der Waals surface area contributed by atoms with Gasteiger partial charge in [-0.1, -0.05) is 6.07 Å². The summed E-state index contributed by atoms with van der Waals surface area (Å²) in [4.78, 5) is 14.0. The predicted octanol–water partition coefficient (Wildman–Crippen LogP) is 2.53. The standard InChI is InChI=1S/C21H30N8/c1-16-13-17(2)15-18(14-16)24-21-25-20-19(23-6-8-29(20)26-21)22-5-4-7-28-11-9-27(3)10-12-28/h6,8,13-15H,4-5,7,9-12H2,1-3H3,(H,22,23)(H,24,26). The van der Waals surface area contributed by atoms with Gasteiger partial charge in [-0.25, -0.2) is 9.50 Å². The summed E-state index contributed by atoms with van der Waals surface area (Å²) in [6, 6.07) is 6.33. The average molecular weight is 395 g/mol. The molecule has 0 saturated carbocycles. The lowest BCUT2D eigenvalue weighted by Gasteiger charge is -2.32. The van der Waals surface area contributed by atoms with Gasteiger partial charge in [-0.05, 0) is 57.1 Å². The zero-order valence-electron chi connectivity index (χ0n) is 17.5. The van der Waals surface area contributed by atoms with Crippen LogP contribution in [0.4, 0.5) is 17.5 Å². The summed E-state index contributed by atoms with van der Waals surface area (Å²) in [5.41, 5.74) is 4.15. The summed E-state index contributed by atoms with van der Waals surface area (Å²) in [5, 5.41) is 11.3. The zero-order chi connectivity index (χ0) is 20.2. The average Bonchev–Trinajstić information content (AvgIpc) is 3.09. The molecule has 0 amide bonds. The molecule has 2 aromatic heterocycles. The Morgan fingerprint density at radius 3 is 2.55 bits per heavy atom. The summed E-state index contributed by atoms with van der Waals surface area (Å²) in [6.07, 6.45) is 4.66. The fraction of sp³-hybridized carbons (Fsp3) is 0.476. The summed E-state index contributed by atoms with van der Waals surface area (Å²) in [5.74, 6) is 1.34. The highest BCUT2D eigenvalue weighted by atomic mass is 15.4. The van der Waals surface area contributed by atoms with Crippen LogP contribution in [0.1, 0.15) is 17.5 Å². The maximum atomic E-state index is 4.64. The van der Waals surface area contributed by atoms with E-state index in [2.05, 4.69) is 74.6 Å². The molecule has 3 aromatic rings. The number of nitrogens with one attached hydrogen (secondary N) is 2. The lowest BCUT2D eigenvalue weighted by molar-refractivity contribution is 0.154. The zero-order valence-corrected chi connectivity index (χ0v) is 17.5. The summed E-state index contributed by atoms with van der Waals surface area (Å²) < 4.78 is 1.76. The van der Waals surface area contributed by atoms with E-state index in [-0.39, 0.29) is 0 Å². The lowest BCUT2D eigenvalue weighted by Crippen LogP contribution is -2.44. The van der Waals surface area contributed by atoms with E-state index in [9.17, 15) is 0 Å². The van der Waals surface area contributed by atoms with Crippen molar-refractivity contribution in [2.24, 2.45) is 0 Å². The molecule has 8 heteroatoms. The highest BCUT2D eigenvalue weighted by molar-refractivity contribution is 5.65. The molecule has 4 rings (SSSR count). The maximum absolute atomic E-state index is 4.64. The predicted molar refractivity (Wildman–Crippen MR) is 117 cm³/mol. The van der Waals surface area contributed by atoms with E-state index in [4.69, 9.17) is 0 Å². The van der Waals surface area contributed by atoms with Crippen LogP contribution >= 0.6 is 0 Å². The number of piperazine rings is 1. The van der Waals surface area contributed by atoms with Crippen molar-refractivity contribution >= 4 is 23.1 Å². The van der Waals surface area contributed by atoms with Crippen molar-refractivity contribution in [3.63, 3.8) is 0 Å². The molecule has 2 N–H and O–H groups in total. The SMILES string of the molecule is Cc1cc(C)cc(Nc2nc3c(NCCCN4CCN(C)CC4)nccn3n2)c1. The Morgan fingerprint density at radius 1 is 1.03 bits per heavy atom. The number of aromatic nitrogens is 4. The van der Waals surface area contributed by atoms with Crippen LogP contribution in [0.3, 0.4) is 0 Å². The lowest BCUT2D eigenvalue weighted by atomic mass is 10.1. The van der Waals surface area contributed by atoms with E-state index in [1.54, 1.807) is 10.7 Å². The first kappa shape index (κ1) is 19.6. The van der Waals surface area contributed by atoms with Crippen molar-refractivity contribution in [1.29, 1.82) is 0 Å².